The fraction of sp³-hybridized carbons (Fsp3) is 0.179. The lowest BCUT2D eigenvalue weighted by atomic mass is 10.1. The van der Waals surface area contributed by atoms with Crippen molar-refractivity contribution in [3.05, 3.63) is 78.1 Å². The monoisotopic (exact) mass is 476 g/mol. The van der Waals surface area contributed by atoms with E-state index in [1.807, 2.05) is 18.6 Å². The average Bonchev–Trinajstić information content (AvgIpc) is 3.70. The number of fused-ring (bicyclic) bond motifs is 2. The molecule has 1 saturated heterocycles. The summed E-state index contributed by atoms with van der Waals surface area (Å²) < 4.78 is 0. The van der Waals surface area contributed by atoms with Crippen LogP contribution in [0.4, 0.5) is 0 Å². The Balaban J connectivity index is 1.28. The smallest absolute Gasteiger partial charge is 0.116 e. The van der Waals surface area contributed by atoms with Gasteiger partial charge < -0.3 is 4.98 Å². The number of pyridine rings is 2. The molecule has 6 nitrogen and oxygen atoms in total. The highest BCUT2D eigenvalue weighted by Crippen LogP contribution is 2.36. The summed E-state index contributed by atoms with van der Waals surface area (Å²) in [6.45, 7) is 3.29. The van der Waals surface area contributed by atoms with Crippen LogP contribution in [-0.2, 0) is 6.54 Å². The van der Waals surface area contributed by atoms with Crippen molar-refractivity contribution in [1.82, 2.24) is 30.0 Å². The molecule has 0 amide bonds. The van der Waals surface area contributed by atoms with Crippen molar-refractivity contribution in [2.45, 2.75) is 19.4 Å². The number of nitrogens with zero attached hydrogens (tertiary/aromatic N) is 4. The summed E-state index contributed by atoms with van der Waals surface area (Å²) in [6, 6.07) is 17.2. The molecule has 1 aliphatic heterocycles. The van der Waals surface area contributed by atoms with E-state index < -0.39 is 0 Å². The van der Waals surface area contributed by atoms with Crippen molar-refractivity contribution in [2.75, 3.05) is 13.1 Å². The Bertz CT molecular complexity index is 1640. The molecule has 0 saturated carbocycles. The SMILES string of the molecule is c1csc(-c2cccc3[nH]c(-c4n[nH]c5cnc(-c6cncc(CN7CCCC7)c6)cc45)cc23)c1. The largest absolute Gasteiger partial charge is 0.353 e. The third-order valence-corrected chi connectivity index (χ3v) is 7.75. The number of aromatic nitrogens is 5. The van der Waals surface area contributed by atoms with Crippen LogP contribution in [0.15, 0.2) is 72.5 Å². The number of hydrogen-bond acceptors (Lipinski definition) is 5. The molecule has 172 valence electrons. The van der Waals surface area contributed by atoms with Gasteiger partial charge in [-0.1, -0.05) is 18.2 Å². The second-order valence-electron chi connectivity index (χ2n) is 9.18. The van der Waals surface area contributed by atoms with Crippen LogP contribution in [0, 0.1) is 0 Å². The molecule has 0 bridgehead atoms. The van der Waals surface area contributed by atoms with Crippen LogP contribution in [0.1, 0.15) is 18.4 Å². The zero-order valence-corrected chi connectivity index (χ0v) is 20.0. The quantitative estimate of drug-likeness (QED) is 0.298. The topological polar surface area (TPSA) is 73.5 Å². The second-order valence-corrected chi connectivity index (χ2v) is 10.1. The van der Waals surface area contributed by atoms with Gasteiger partial charge in [-0.3, -0.25) is 20.0 Å². The lowest BCUT2D eigenvalue weighted by Gasteiger charge is -2.14. The van der Waals surface area contributed by atoms with Crippen molar-refractivity contribution in [3.63, 3.8) is 0 Å². The van der Waals surface area contributed by atoms with Crippen LogP contribution in [0.5, 0.6) is 0 Å². The molecule has 1 aliphatic rings. The van der Waals surface area contributed by atoms with E-state index in [-0.39, 0.29) is 0 Å². The van der Waals surface area contributed by atoms with Gasteiger partial charge in [0.25, 0.3) is 0 Å². The number of benzene rings is 1. The van der Waals surface area contributed by atoms with Gasteiger partial charge in [-0.25, -0.2) is 0 Å². The zero-order chi connectivity index (χ0) is 23.2. The molecule has 0 spiro atoms. The Morgan fingerprint density at radius 2 is 1.86 bits per heavy atom. The van der Waals surface area contributed by atoms with Crippen LogP contribution in [0.2, 0.25) is 0 Å². The van der Waals surface area contributed by atoms with Gasteiger partial charge >= 0.3 is 0 Å². The molecule has 1 fully saturated rings. The van der Waals surface area contributed by atoms with E-state index in [4.69, 9.17) is 4.98 Å². The standard InChI is InChI=1S/C28H24N6S/c1-2-9-34(8-1)17-18-11-19(15-29-14-18)24-13-22-26(16-30-24)32-33-28(22)25-12-21-20(27-7-4-10-35-27)5-3-6-23(21)31-25/h3-7,10-16,31H,1-2,8-9,17H2,(H,32,33). The molecule has 6 heterocycles. The lowest BCUT2D eigenvalue weighted by molar-refractivity contribution is 0.331. The van der Waals surface area contributed by atoms with Gasteiger partial charge in [0, 0.05) is 51.2 Å². The zero-order valence-electron chi connectivity index (χ0n) is 19.2. The fourth-order valence-corrected chi connectivity index (χ4v) is 5.89. The number of nitrogens with one attached hydrogen (secondary N) is 2. The van der Waals surface area contributed by atoms with E-state index in [0.29, 0.717) is 0 Å². The number of H-pyrrole nitrogens is 2. The maximum Gasteiger partial charge on any atom is 0.116 e. The number of rotatable bonds is 5. The summed E-state index contributed by atoms with van der Waals surface area (Å²) in [5.74, 6) is 0. The minimum Gasteiger partial charge on any atom is -0.353 e. The van der Waals surface area contributed by atoms with Gasteiger partial charge in [-0.15, -0.1) is 11.3 Å². The highest BCUT2D eigenvalue weighted by molar-refractivity contribution is 7.13. The van der Waals surface area contributed by atoms with E-state index >= 15 is 0 Å². The maximum atomic E-state index is 4.71. The number of likely N-dealkylation sites (tertiary alicyclic amines) is 1. The van der Waals surface area contributed by atoms with E-state index in [9.17, 15) is 0 Å². The Kier molecular flexibility index (Phi) is 4.96. The molecule has 7 rings (SSSR count). The highest BCUT2D eigenvalue weighted by atomic mass is 32.1. The highest BCUT2D eigenvalue weighted by Gasteiger charge is 2.16. The molecule has 35 heavy (non-hydrogen) atoms. The van der Waals surface area contributed by atoms with Crippen LogP contribution in [0.3, 0.4) is 0 Å². The summed E-state index contributed by atoms with van der Waals surface area (Å²) >= 11 is 1.76. The van der Waals surface area contributed by atoms with Crippen molar-refractivity contribution >= 4 is 33.1 Å². The molecule has 0 aliphatic carbocycles. The van der Waals surface area contributed by atoms with Gasteiger partial charge in [-0.2, -0.15) is 5.10 Å². The molecular weight excluding hydrogens is 452 g/mol. The first-order chi connectivity index (χ1) is 17.3. The summed E-state index contributed by atoms with van der Waals surface area (Å²) in [5, 5.41) is 12.2. The first-order valence-corrected chi connectivity index (χ1v) is 12.9. The van der Waals surface area contributed by atoms with Crippen molar-refractivity contribution in [3.8, 4) is 33.1 Å². The van der Waals surface area contributed by atoms with Gasteiger partial charge in [0.2, 0.25) is 0 Å². The van der Waals surface area contributed by atoms with Crippen molar-refractivity contribution < 1.29 is 0 Å². The van der Waals surface area contributed by atoms with Crippen LogP contribution >= 0.6 is 11.3 Å². The maximum absolute atomic E-state index is 4.71. The summed E-state index contributed by atoms with van der Waals surface area (Å²) in [6.07, 6.45) is 8.32. The Morgan fingerprint density at radius 1 is 0.914 bits per heavy atom. The molecule has 5 aromatic heterocycles. The number of hydrogen-bond donors (Lipinski definition) is 2. The third kappa shape index (κ3) is 3.73. The van der Waals surface area contributed by atoms with Gasteiger partial charge in [0.1, 0.15) is 5.69 Å². The van der Waals surface area contributed by atoms with E-state index in [1.54, 1.807) is 11.3 Å². The Labute approximate surface area is 206 Å². The van der Waals surface area contributed by atoms with Gasteiger partial charge in [-0.05, 0) is 67.2 Å². The number of thiophene rings is 1. The van der Waals surface area contributed by atoms with E-state index in [1.165, 1.54) is 47.3 Å². The summed E-state index contributed by atoms with van der Waals surface area (Å²) in [5.41, 5.74) is 8.33. The molecule has 6 aromatic rings. The molecule has 2 N–H and O–H groups in total. The Hall–Kier alpha value is -3.81. The van der Waals surface area contributed by atoms with E-state index in [0.717, 1.165) is 45.6 Å². The van der Waals surface area contributed by atoms with Crippen LogP contribution in [-0.4, -0.2) is 43.1 Å². The predicted octanol–water partition coefficient (Wildman–Crippen LogP) is 6.49. The minimum atomic E-state index is 0.901. The van der Waals surface area contributed by atoms with Gasteiger partial charge in [0.15, 0.2) is 0 Å². The lowest BCUT2D eigenvalue weighted by Crippen LogP contribution is -2.18. The Morgan fingerprint density at radius 3 is 2.74 bits per heavy atom. The average molecular weight is 477 g/mol. The summed E-state index contributed by atoms with van der Waals surface area (Å²) in [4.78, 5) is 16.6. The van der Waals surface area contributed by atoms with E-state index in [2.05, 4.69) is 79.0 Å². The minimum absolute atomic E-state index is 0.901. The molecule has 7 heteroatoms. The second kappa shape index (κ2) is 8.45. The van der Waals surface area contributed by atoms with Crippen molar-refractivity contribution in [1.29, 1.82) is 0 Å². The first-order valence-electron chi connectivity index (χ1n) is 12.0. The molecule has 1 aromatic carbocycles. The molecule has 0 radical (unpaired) electrons. The fourth-order valence-electron chi connectivity index (χ4n) is 5.12. The van der Waals surface area contributed by atoms with Crippen molar-refractivity contribution in [2.24, 2.45) is 0 Å². The summed E-state index contributed by atoms with van der Waals surface area (Å²) in [7, 11) is 0. The molecular formula is C28H24N6S. The van der Waals surface area contributed by atoms with Crippen LogP contribution < -0.4 is 0 Å². The number of aromatic amines is 2. The molecule has 0 atom stereocenters. The predicted molar refractivity (Wildman–Crippen MR) is 142 cm³/mol. The van der Waals surface area contributed by atoms with Gasteiger partial charge in [0.05, 0.1) is 23.1 Å². The third-order valence-electron chi connectivity index (χ3n) is 6.85. The first kappa shape index (κ1) is 20.6. The normalized spacial score (nSPS) is 14.4. The van der Waals surface area contributed by atoms with Crippen LogP contribution in [0.25, 0.3) is 54.9 Å². The molecule has 0 unspecified atom stereocenters.